The normalized spacial score (nSPS) is 56.3. The Balaban J connectivity index is 1.64. The summed E-state index contributed by atoms with van der Waals surface area (Å²) < 4.78 is 0. The van der Waals surface area contributed by atoms with Gasteiger partial charge in [-0.25, -0.2) is 0 Å². The van der Waals surface area contributed by atoms with E-state index in [1.807, 2.05) is 6.92 Å². The molecule has 0 aromatic carbocycles. The van der Waals surface area contributed by atoms with Crippen LogP contribution in [0.4, 0.5) is 0 Å². The Labute approximate surface area is 206 Å². The van der Waals surface area contributed by atoms with Crippen molar-refractivity contribution >= 4 is 5.97 Å². The van der Waals surface area contributed by atoms with E-state index >= 15 is 0 Å². The first-order valence-corrected chi connectivity index (χ1v) is 13.9. The molecule has 34 heavy (non-hydrogen) atoms. The molecular formula is C30H48O4. The molecule has 4 fully saturated rings. The predicted octanol–water partition coefficient (Wildman–Crippen LogP) is 6.20. The molecule has 4 heteroatoms. The predicted molar refractivity (Wildman–Crippen MR) is 134 cm³/mol. The summed E-state index contributed by atoms with van der Waals surface area (Å²) in [7, 11) is 0. The van der Waals surface area contributed by atoms with Gasteiger partial charge in [-0.05, 0) is 104 Å². The van der Waals surface area contributed by atoms with Gasteiger partial charge >= 0.3 is 5.97 Å². The summed E-state index contributed by atoms with van der Waals surface area (Å²) in [5.41, 5.74) is -0.532. The Morgan fingerprint density at radius 3 is 2.24 bits per heavy atom. The van der Waals surface area contributed by atoms with Crippen LogP contribution in [0.1, 0.15) is 106 Å². The highest BCUT2D eigenvalue weighted by Crippen LogP contribution is 2.76. The zero-order chi connectivity index (χ0) is 25.1. The van der Waals surface area contributed by atoms with Crippen molar-refractivity contribution in [2.75, 3.05) is 0 Å². The van der Waals surface area contributed by atoms with E-state index < -0.39 is 17.0 Å². The number of carboxylic acid groups (broad SMARTS) is 1. The van der Waals surface area contributed by atoms with E-state index in [2.05, 4.69) is 47.6 Å². The third-order valence-corrected chi connectivity index (χ3v) is 13.5. The molecule has 5 aliphatic rings. The number of aliphatic hydroxyl groups excluding tert-OH is 1. The largest absolute Gasteiger partial charge is 0.481 e. The Kier molecular flexibility index (Phi) is 5.20. The molecule has 0 amide bonds. The van der Waals surface area contributed by atoms with Crippen LogP contribution in [-0.4, -0.2) is 33.0 Å². The number of hydrogen-bond acceptors (Lipinski definition) is 3. The Morgan fingerprint density at radius 1 is 0.912 bits per heavy atom. The second-order valence-electron chi connectivity index (χ2n) is 14.7. The molecular weight excluding hydrogens is 424 g/mol. The van der Waals surface area contributed by atoms with Gasteiger partial charge in [0.05, 0.1) is 17.1 Å². The minimum Gasteiger partial charge on any atom is -0.481 e. The Morgan fingerprint density at radius 2 is 1.59 bits per heavy atom. The first-order valence-electron chi connectivity index (χ1n) is 13.9. The number of carboxylic acids is 1. The quantitative estimate of drug-likeness (QED) is 0.397. The third kappa shape index (κ3) is 2.71. The van der Waals surface area contributed by atoms with Gasteiger partial charge in [0.25, 0.3) is 0 Å². The van der Waals surface area contributed by atoms with Crippen LogP contribution in [-0.2, 0) is 4.79 Å². The van der Waals surface area contributed by atoms with Crippen LogP contribution in [0.5, 0.6) is 0 Å². The van der Waals surface area contributed by atoms with Crippen LogP contribution in [0.2, 0.25) is 0 Å². The van der Waals surface area contributed by atoms with Crippen LogP contribution < -0.4 is 0 Å². The number of fused-ring (bicyclic) bond motifs is 7. The average molecular weight is 473 g/mol. The molecule has 4 saturated carbocycles. The molecule has 0 aromatic rings. The number of aliphatic carboxylic acids is 1. The molecule has 4 nitrogen and oxygen atoms in total. The van der Waals surface area contributed by atoms with Crippen molar-refractivity contribution in [3.05, 3.63) is 11.6 Å². The van der Waals surface area contributed by atoms with E-state index in [1.165, 1.54) is 5.57 Å². The fourth-order valence-electron chi connectivity index (χ4n) is 10.8. The lowest BCUT2D eigenvalue weighted by molar-refractivity contribution is -0.217. The van der Waals surface area contributed by atoms with Gasteiger partial charge in [-0.15, -0.1) is 0 Å². The van der Waals surface area contributed by atoms with Gasteiger partial charge < -0.3 is 15.3 Å². The minimum atomic E-state index is -1.01. The first kappa shape index (κ1) is 24.8. The SMILES string of the molecule is C[C@@H]1CC[C@]2(C(=O)O)CC[C@]3(C)C(=CC[C@@H]4[C@@]5(C)CCC(O)C(C)(C)C5CC[C@]43C)[C@@H]2[C@]1(C)O. The van der Waals surface area contributed by atoms with Gasteiger partial charge in [0.1, 0.15) is 0 Å². The zero-order valence-electron chi connectivity index (χ0n) is 22.6. The van der Waals surface area contributed by atoms with Crippen molar-refractivity contribution in [3.63, 3.8) is 0 Å². The molecule has 192 valence electrons. The monoisotopic (exact) mass is 472 g/mol. The highest BCUT2D eigenvalue weighted by atomic mass is 16.4. The molecule has 0 saturated heterocycles. The molecule has 0 heterocycles. The van der Waals surface area contributed by atoms with E-state index in [9.17, 15) is 20.1 Å². The van der Waals surface area contributed by atoms with Gasteiger partial charge in [0.2, 0.25) is 0 Å². The number of rotatable bonds is 1. The van der Waals surface area contributed by atoms with Gasteiger partial charge in [0.15, 0.2) is 0 Å². The molecule has 0 aliphatic heterocycles. The maximum absolute atomic E-state index is 12.8. The third-order valence-electron chi connectivity index (χ3n) is 13.5. The topological polar surface area (TPSA) is 77.8 Å². The van der Waals surface area contributed by atoms with E-state index in [0.29, 0.717) is 24.7 Å². The van der Waals surface area contributed by atoms with Crippen LogP contribution >= 0.6 is 0 Å². The van der Waals surface area contributed by atoms with Gasteiger partial charge in [-0.2, -0.15) is 0 Å². The molecule has 0 aromatic heterocycles. The molecule has 5 aliphatic carbocycles. The summed E-state index contributed by atoms with van der Waals surface area (Å²) in [5.74, 6) is 0.0848. The highest BCUT2D eigenvalue weighted by Gasteiger charge is 2.71. The van der Waals surface area contributed by atoms with Gasteiger partial charge in [0, 0.05) is 5.92 Å². The Hall–Kier alpha value is -0.870. The lowest BCUT2D eigenvalue weighted by Crippen LogP contribution is -2.67. The fourth-order valence-corrected chi connectivity index (χ4v) is 10.8. The molecule has 10 atom stereocenters. The molecule has 0 bridgehead atoms. The van der Waals surface area contributed by atoms with Crippen molar-refractivity contribution in [2.45, 2.75) is 118 Å². The smallest absolute Gasteiger partial charge is 0.310 e. The van der Waals surface area contributed by atoms with E-state index in [4.69, 9.17) is 0 Å². The number of carbonyl (C=O) groups is 1. The average Bonchev–Trinajstić information content (AvgIpc) is 2.74. The first-order chi connectivity index (χ1) is 15.6. The molecule has 5 rings (SSSR count). The molecule has 2 unspecified atom stereocenters. The van der Waals surface area contributed by atoms with Crippen LogP contribution in [0, 0.1) is 50.7 Å². The number of hydrogen-bond donors (Lipinski definition) is 3. The lowest BCUT2D eigenvalue weighted by Gasteiger charge is -2.71. The maximum atomic E-state index is 12.8. The second-order valence-corrected chi connectivity index (χ2v) is 14.7. The summed E-state index contributed by atoms with van der Waals surface area (Å²) in [5, 5.41) is 33.3. The summed E-state index contributed by atoms with van der Waals surface area (Å²) in [4.78, 5) is 12.8. The van der Waals surface area contributed by atoms with Crippen LogP contribution in [0.3, 0.4) is 0 Å². The summed E-state index contributed by atoms with van der Waals surface area (Å²) in [6.45, 7) is 16.0. The second kappa shape index (κ2) is 7.12. The zero-order valence-corrected chi connectivity index (χ0v) is 22.6. The van der Waals surface area contributed by atoms with Crippen LogP contribution in [0.25, 0.3) is 0 Å². The fraction of sp³-hybridized carbons (Fsp3) is 0.900. The van der Waals surface area contributed by atoms with Gasteiger partial charge in [-0.1, -0.05) is 53.2 Å². The molecule has 3 N–H and O–H groups in total. The van der Waals surface area contributed by atoms with Crippen LogP contribution in [0.15, 0.2) is 11.6 Å². The van der Waals surface area contributed by atoms with Crippen molar-refractivity contribution in [1.29, 1.82) is 0 Å². The van der Waals surface area contributed by atoms with Crippen molar-refractivity contribution in [2.24, 2.45) is 50.7 Å². The summed E-state index contributed by atoms with van der Waals surface area (Å²) in [6.07, 6.45) is 10.3. The van der Waals surface area contributed by atoms with Crippen molar-refractivity contribution in [1.82, 2.24) is 0 Å². The Bertz CT molecular complexity index is 919. The standard InChI is InChI=1S/C30H48O4/c1-18-10-15-30(24(32)33)17-16-27(5)19(23(30)29(18,7)34)8-9-21-26(4)13-12-22(31)25(2,3)20(26)11-14-28(21,27)6/h8,18,20-23,31,34H,9-17H2,1-7H3,(H,32,33)/t18-,20?,21-,22?,23-,26+,27-,28-,29-,30+/m1/s1. The summed E-state index contributed by atoms with van der Waals surface area (Å²) >= 11 is 0. The van der Waals surface area contributed by atoms with E-state index in [1.54, 1.807) is 0 Å². The lowest BCUT2D eigenvalue weighted by atomic mass is 9.33. The van der Waals surface area contributed by atoms with Crippen molar-refractivity contribution in [3.8, 4) is 0 Å². The van der Waals surface area contributed by atoms with Gasteiger partial charge in [-0.3, -0.25) is 4.79 Å². The highest BCUT2D eigenvalue weighted by molar-refractivity contribution is 5.77. The molecule has 0 radical (unpaired) electrons. The van der Waals surface area contributed by atoms with E-state index in [-0.39, 0.29) is 39.6 Å². The van der Waals surface area contributed by atoms with E-state index in [0.717, 1.165) is 44.9 Å². The molecule has 0 spiro atoms. The summed E-state index contributed by atoms with van der Waals surface area (Å²) in [6, 6.07) is 0. The van der Waals surface area contributed by atoms with Crippen molar-refractivity contribution < 1.29 is 20.1 Å². The number of allylic oxidation sites excluding steroid dienone is 1. The number of aliphatic hydroxyl groups is 2. The maximum Gasteiger partial charge on any atom is 0.310 e. The minimum absolute atomic E-state index is 0.0716.